The molecule has 1 N–H and O–H groups in total. The maximum Gasteiger partial charge on any atom is 0.193 e. The monoisotopic (exact) mass is 357 g/mol. The molecule has 1 aromatic rings. The molecule has 0 bridgehead atoms. The number of rotatable bonds is 8. The summed E-state index contributed by atoms with van der Waals surface area (Å²) < 4.78 is 11.1. The van der Waals surface area contributed by atoms with Crippen LogP contribution in [0.2, 0.25) is 0 Å². The number of hydrogen-bond acceptors (Lipinski definition) is 3. The van der Waals surface area contributed by atoms with Gasteiger partial charge in [-0.1, -0.05) is 18.1 Å². The molecule has 0 atom stereocenters. The highest BCUT2D eigenvalue weighted by molar-refractivity contribution is 5.80. The molecule has 0 saturated carbocycles. The first-order valence-corrected chi connectivity index (χ1v) is 9.56. The van der Waals surface area contributed by atoms with Gasteiger partial charge in [-0.05, 0) is 50.8 Å². The number of ether oxygens (including phenoxy) is 2. The first-order chi connectivity index (χ1) is 12.8. The SMILES string of the molecule is C#CCOc1ccc(CCN=C(NCC)N2CCC(OCC)CC2)cc1. The van der Waals surface area contributed by atoms with E-state index in [2.05, 4.69) is 42.1 Å². The van der Waals surface area contributed by atoms with Gasteiger partial charge in [0.25, 0.3) is 0 Å². The summed E-state index contributed by atoms with van der Waals surface area (Å²) in [5.41, 5.74) is 1.24. The zero-order chi connectivity index (χ0) is 18.6. The van der Waals surface area contributed by atoms with Gasteiger partial charge in [0, 0.05) is 32.8 Å². The van der Waals surface area contributed by atoms with Gasteiger partial charge in [0.1, 0.15) is 12.4 Å². The van der Waals surface area contributed by atoms with Gasteiger partial charge in [0.2, 0.25) is 0 Å². The lowest BCUT2D eigenvalue weighted by atomic mass is 10.1. The third-order valence-corrected chi connectivity index (χ3v) is 4.39. The van der Waals surface area contributed by atoms with Gasteiger partial charge in [0.15, 0.2) is 5.96 Å². The lowest BCUT2D eigenvalue weighted by Crippen LogP contribution is -2.47. The van der Waals surface area contributed by atoms with Gasteiger partial charge in [-0.3, -0.25) is 4.99 Å². The minimum absolute atomic E-state index is 0.301. The van der Waals surface area contributed by atoms with Gasteiger partial charge >= 0.3 is 0 Å². The molecule has 0 amide bonds. The van der Waals surface area contributed by atoms with Crippen LogP contribution in [0.5, 0.6) is 5.75 Å². The van der Waals surface area contributed by atoms with Crippen molar-refractivity contribution in [1.29, 1.82) is 0 Å². The zero-order valence-electron chi connectivity index (χ0n) is 16.0. The molecule has 1 saturated heterocycles. The molecule has 26 heavy (non-hydrogen) atoms. The standard InChI is InChI=1S/C21H31N3O2/c1-4-17-26-19-9-7-18(8-10-19)11-14-23-21(22-5-2)24-15-12-20(13-16-24)25-6-3/h1,7-10,20H,5-6,11-17H2,2-3H3,(H,22,23). The maximum absolute atomic E-state index is 5.74. The molecule has 142 valence electrons. The number of benzene rings is 1. The fraction of sp³-hybridized carbons (Fsp3) is 0.571. The summed E-state index contributed by atoms with van der Waals surface area (Å²) in [4.78, 5) is 7.15. The van der Waals surface area contributed by atoms with Crippen molar-refractivity contribution < 1.29 is 9.47 Å². The Morgan fingerprint density at radius 2 is 2.00 bits per heavy atom. The van der Waals surface area contributed by atoms with Crippen molar-refractivity contribution in [3.63, 3.8) is 0 Å². The zero-order valence-corrected chi connectivity index (χ0v) is 16.0. The first-order valence-electron chi connectivity index (χ1n) is 9.56. The van der Waals surface area contributed by atoms with Gasteiger partial charge < -0.3 is 19.7 Å². The highest BCUT2D eigenvalue weighted by atomic mass is 16.5. The topological polar surface area (TPSA) is 46.1 Å². The summed E-state index contributed by atoms with van der Waals surface area (Å²) in [5, 5.41) is 3.41. The van der Waals surface area contributed by atoms with Crippen molar-refractivity contribution in [3.05, 3.63) is 29.8 Å². The third-order valence-electron chi connectivity index (χ3n) is 4.39. The average molecular weight is 357 g/mol. The number of nitrogens with one attached hydrogen (secondary N) is 1. The Morgan fingerprint density at radius 1 is 1.27 bits per heavy atom. The average Bonchev–Trinajstić information content (AvgIpc) is 2.67. The van der Waals surface area contributed by atoms with Gasteiger partial charge in [-0.25, -0.2) is 0 Å². The third kappa shape index (κ3) is 6.61. The molecular formula is C21H31N3O2. The largest absolute Gasteiger partial charge is 0.481 e. The number of nitrogens with zero attached hydrogens (tertiary/aromatic N) is 2. The minimum atomic E-state index is 0.301. The van der Waals surface area contributed by atoms with E-state index in [4.69, 9.17) is 20.9 Å². The summed E-state index contributed by atoms with van der Waals surface area (Å²) in [6, 6.07) is 8.06. The molecule has 5 nitrogen and oxygen atoms in total. The van der Waals surface area contributed by atoms with E-state index in [0.29, 0.717) is 12.7 Å². The van der Waals surface area contributed by atoms with E-state index in [1.165, 1.54) is 5.56 Å². The molecule has 0 radical (unpaired) electrons. The van der Waals surface area contributed by atoms with Crippen molar-refractivity contribution in [3.8, 4) is 18.1 Å². The number of piperidine rings is 1. The second-order valence-electron chi connectivity index (χ2n) is 6.26. The Kier molecular flexibility index (Phi) is 8.85. The molecule has 1 fully saturated rings. The van der Waals surface area contributed by atoms with Crippen molar-refractivity contribution >= 4 is 5.96 Å². The van der Waals surface area contributed by atoms with E-state index in [1.807, 2.05) is 12.1 Å². The number of hydrogen-bond donors (Lipinski definition) is 1. The Labute approximate surface area is 157 Å². The quantitative estimate of drug-likeness (QED) is 0.441. The Bertz CT molecular complexity index is 584. The number of aliphatic imine (C=N–C) groups is 1. The summed E-state index contributed by atoms with van der Waals surface area (Å²) in [6.45, 7) is 8.91. The summed E-state index contributed by atoms with van der Waals surface area (Å²) >= 11 is 0. The smallest absolute Gasteiger partial charge is 0.193 e. The predicted molar refractivity (Wildman–Crippen MR) is 107 cm³/mol. The van der Waals surface area contributed by atoms with Crippen molar-refractivity contribution in [2.75, 3.05) is 39.4 Å². The number of guanidine groups is 1. The molecule has 2 rings (SSSR count). The molecule has 1 aliphatic heterocycles. The molecule has 1 aromatic carbocycles. The lowest BCUT2D eigenvalue weighted by molar-refractivity contribution is 0.0264. The normalized spacial score (nSPS) is 15.6. The van der Waals surface area contributed by atoms with Gasteiger partial charge in [0.05, 0.1) is 6.10 Å². The molecule has 0 aromatic heterocycles. The summed E-state index contributed by atoms with van der Waals surface area (Å²) in [6.07, 6.45) is 8.64. The lowest BCUT2D eigenvalue weighted by Gasteiger charge is -2.34. The van der Waals surface area contributed by atoms with E-state index in [9.17, 15) is 0 Å². The Hall–Kier alpha value is -2.19. The Balaban J connectivity index is 1.84. The molecule has 0 spiro atoms. The van der Waals surface area contributed by atoms with Crippen LogP contribution in [0.1, 0.15) is 32.3 Å². The molecule has 0 aliphatic carbocycles. The molecule has 1 heterocycles. The van der Waals surface area contributed by atoms with Gasteiger partial charge in [-0.2, -0.15) is 0 Å². The molecule has 1 aliphatic rings. The molecule has 0 unspecified atom stereocenters. The van der Waals surface area contributed by atoms with Crippen LogP contribution >= 0.6 is 0 Å². The van der Waals surface area contributed by atoms with Crippen molar-refractivity contribution in [2.45, 2.75) is 39.2 Å². The Morgan fingerprint density at radius 3 is 2.62 bits per heavy atom. The second kappa shape index (κ2) is 11.4. The number of likely N-dealkylation sites (tertiary alicyclic amines) is 1. The van der Waals surface area contributed by atoms with Crippen LogP contribution < -0.4 is 10.1 Å². The van der Waals surface area contributed by atoms with Crippen molar-refractivity contribution in [2.24, 2.45) is 4.99 Å². The van der Waals surface area contributed by atoms with E-state index in [0.717, 1.165) is 63.8 Å². The van der Waals surface area contributed by atoms with E-state index >= 15 is 0 Å². The van der Waals surface area contributed by atoms with E-state index in [-0.39, 0.29) is 0 Å². The van der Waals surface area contributed by atoms with Crippen molar-refractivity contribution in [1.82, 2.24) is 10.2 Å². The van der Waals surface area contributed by atoms with Crippen LogP contribution in [0.25, 0.3) is 0 Å². The van der Waals surface area contributed by atoms with Crippen LogP contribution in [0, 0.1) is 12.3 Å². The highest BCUT2D eigenvalue weighted by Gasteiger charge is 2.21. The molecule has 5 heteroatoms. The predicted octanol–water partition coefficient (Wildman–Crippen LogP) is 2.71. The van der Waals surface area contributed by atoms with Crippen LogP contribution in [0.3, 0.4) is 0 Å². The van der Waals surface area contributed by atoms with Crippen LogP contribution in [-0.2, 0) is 11.2 Å². The fourth-order valence-electron chi connectivity index (χ4n) is 3.06. The maximum atomic E-state index is 5.74. The highest BCUT2D eigenvalue weighted by Crippen LogP contribution is 2.14. The van der Waals surface area contributed by atoms with Crippen LogP contribution in [-0.4, -0.2) is 56.4 Å². The summed E-state index contributed by atoms with van der Waals surface area (Å²) in [5.74, 6) is 4.29. The number of terminal acetylenes is 1. The second-order valence-corrected chi connectivity index (χ2v) is 6.26. The fourth-order valence-corrected chi connectivity index (χ4v) is 3.06. The van der Waals surface area contributed by atoms with Crippen LogP contribution in [0.4, 0.5) is 0 Å². The van der Waals surface area contributed by atoms with Gasteiger partial charge in [-0.15, -0.1) is 6.42 Å². The van der Waals surface area contributed by atoms with E-state index in [1.54, 1.807) is 0 Å². The molecular weight excluding hydrogens is 326 g/mol. The minimum Gasteiger partial charge on any atom is -0.481 e. The first kappa shape index (κ1) is 20.1. The van der Waals surface area contributed by atoms with E-state index < -0.39 is 0 Å². The van der Waals surface area contributed by atoms with Crippen LogP contribution in [0.15, 0.2) is 29.3 Å². The summed E-state index contributed by atoms with van der Waals surface area (Å²) in [7, 11) is 0.